The minimum Gasteiger partial charge on any atom is -0.488 e. The molecule has 40 heavy (non-hydrogen) atoms. The molecule has 0 unspecified atom stereocenters. The van der Waals surface area contributed by atoms with Crippen molar-refractivity contribution in [2.75, 3.05) is 19.8 Å². The van der Waals surface area contributed by atoms with Crippen molar-refractivity contribution in [1.82, 2.24) is 0 Å². The van der Waals surface area contributed by atoms with E-state index in [1.807, 2.05) is 18.2 Å². The summed E-state index contributed by atoms with van der Waals surface area (Å²) in [5, 5.41) is 0.687. The monoisotopic (exact) mass is 552 g/mol. The van der Waals surface area contributed by atoms with Crippen molar-refractivity contribution in [3.8, 4) is 17.2 Å². The van der Waals surface area contributed by atoms with Crippen molar-refractivity contribution < 1.29 is 18.6 Å². The van der Waals surface area contributed by atoms with E-state index < -0.39 is 5.63 Å². The second-order valence-corrected chi connectivity index (χ2v) is 10.7. The Balaban J connectivity index is 2.14. The molecule has 0 aliphatic carbocycles. The molecular formula is C35H52O5. The number of ether oxygens (including phenoxy) is 3. The Morgan fingerprint density at radius 2 is 1.52 bits per heavy atom. The van der Waals surface area contributed by atoms with Gasteiger partial charge in [0.15, 0.2) is 17.1 Å². The molecule has 5 nitrogen and oxygen atoms in total. The average molecular weight is 553 g/mol. The van der Waals surface area contributed by atoms with Crippen LogP contribution in [0.25, 0.3) is 11.0 Å². The summed E-state index contributed by atoms with van der Waals surface area (Å²) in [4.78, 5) is 13.1. The molecule has 222 valence electrons. The van der Waals surface area contributed by atoms with Gasteiger partial charge < -0.3 is 18.6 Å². The SMILES string of the molecule is CCC=CCCOc1c(OCCCCCCCCCC)c(=O)oc2c(OCC=C(C)CCC=C(C)C)cccc12. The molecule has 0 atom stereocenters. The first-order valence-corrected chi connectivity index (χ1v) is 15.4. The lowest BCUT2D eigenvalue weighted by molar-refractivity contribution is 0.255. The van der Waals surface area contributed by atoms with Crippen LogP contribution in [0.1, 0.15) is 112 Å². The summed E-state index contributed by atoms with van der Waals surface area (Å²) in [6.07, 6.45) is 21.9. The van der Waals surface area contributed by atoms with Crippen LogP contribution in [0, 0.1) is 0 Å². The molecule has 0 amide bonds. The van der Waals surface area contributed by atoms with Crippen molar-refractivity contribution in [3.63, 3.8) is 0 Å². The normalized spacial score (nSPS) is 11.8. The molecule has 0 spiro atoms. The van der Waals surface area contributed by atoms with E-state index in [-0.39, 0.29) is 5.75 Å². The number of hydrogen-bond donors (Lipinski definition) is 0. The molecule has 0 radical (unpaired) electrons. The summed E-state index contributed by atoms with van der Waals surface area (Å²) >= 11 is 0. The van der Waals surface area contributed by atoms with Gasteiger partial charge in [-0.2, -0.15) is 0 Å². The number of fused-ring (bicyclic) bond motifs is 1. The molecule has 0 aliphatic rings. The Kier molecular flexibility index (Phi) is 16.6. The highest BCUT2D eigenvalue weighted by Gasteiger charge is 2.20. The van der Waals surface area contributed by atoms with Crippen LogP contribution >= 0.6 is 0 Å². The summed E-state index contributed by atoms with van der Waals surface area (Å²) < 4.78 is 24.0. The summed E-state index contributed by atoms with van der Waals surface area (Å²) in [5.41, 5.74) is 2.45. The van der Waals surface area contributed by atoms with Crippen LogP contribution in [0.2, 0.25) is 0 Å². The van der Waals surface area contributed by atoms with Crippen LogP contribution in [0.5, 0.6) is 17.2 Å². The fraction of sp³-hybridized carbons (Fsp3) is 0.571. The van der Waals surface area contributed by atoms with E-state index in [0.717, 1.165) is 38.5 Å². The third-order valence-electron chi connectivity index (χ3n) is 6.75. The zero-order valence-corrected chi connectivity index (χ0v) is 25.7. The van der Waals surface area contributed by atoms with Crippen LogP contribution in [0.3, 0.4) is 0 Å². The zero-order chi connectivity index (χ0) is 29.0. The van der Waals surface area contributed by atoms with Crippen molar-refractivity contribution in [2.45, 2.75) is 112 Å². The standard InChI is InChI=1S/C35H52O5/c1-6-8-10-12-13-14-15-17-26-39-34-33(38-25-16-11-9-7-2)30-22-19-23-31(32(30)40-35(34)36)37-27-24-29(5)21-18-20-28(3)4/h9,11,19-20,22-24H,6-8,10,12-18,21,25-27H2,1-5H3. The van der Waals surface area contributed by atoms with Gasteiger partial charge in [0.05, 0.1) is 18.6 Å². The van der Waals surface area contributed by atoms with Gasteiger partial charge in [0, 0.05) is 0 Å². The predicted octanol–water partition coefficient (Wildman–Crippen LogP) is 10.1. The van der Waals surface area contributed by atoms with Gasteiger partial charge in [-0.05, 0) is 71.1 Å². The van der Waals surface area contributed by atoms with Crippen molar-refractivity contribution >= 4 is 11.0 Å². The average Bonchev–Trinajstić information content (AvgIpc) is 2.93. The Hall–Kier alpha value is -2.95. The van der Waals surface area contributed by atoms with Gasteiger partial charge in [0.25, 0.3) is 0 Å². The number of para-hydroxylation sites is 1. The van der Waals surface area contributed by atoms with E-state index in [9.17, 15) is 4.79 Å². The maximum absolute atomic E-state index is 13.1. The smallest absolute Gasteiger partial charge is 0.383 e. The topological polar surface area (TPSA) is 57.9 Å². The van der Waals surface area contributed by atoms with Gasteiger partial charge >= 0.3 is 5.63 Å². The van der Waals surface area contributed by atoms with E-state index in [4.69, 9.17) is 18.6 Å². The van der Waals surface area contributed by atoms with Crippen LogP contribution < -0.4 is 19.8 Å². The number of rotatable bonds is 21. The zero-order valence-electron chi connectivity index (χ0n) is 25.7. The molecule has 5 heteroatoms. The number of allylic oxidation sites excluding steroid dienone is 4. The molecule has 1 aromatic heterocycles. The summed E-state index contributed by atoms with van der Waals surface area (Å²) in [5.74, 6) is 1.12. The second kappa shape index (κ2) is 20.0. The molecule has 0 bridgehead atoms. The van der Waals surface area contributed by atoms with E-state index in [2.05, 4.69) is 58.9 Å². The van der Waals surface area contributed by atoms with E-state index in [0.29, 0.717) is 42.3 Å². The molecule has 1 aromatic carbocycles. The largest absolute Gasteiger partial charge is 0.488 e. The summed E-state index contributed by atoms with van der Waals surface area (Å²) in [6.45, 7) is 12.0. The first-order valence-electron chi connectivity index (χ1n) is 15.4. The van der Waals surface area contributed by atoms with Crippen molar-refractivity contribution in [1.29, 1.82) is 0 Å². The number of benzene rings is 1. The molecule has 1 heterocycles. The maximum atomic E-state index is 13.1. The van der Waals surface area contributed by atoms with Gasteiger partial charge in [0.2, 0.25) is 5.75 Å². The van der Waals surface area contributed by atoms with E-state index >= 15 is 0 Å². The Morgan fingerprint density at radius 1 is 0.800 bits per heavy atom. The number of hydrogen-bond acceptors (Lipinski definition) is 5. The van der Waals surface area contributed by atoms with Crippen molar-refractivity contribution in [2.24, 2.45) is 0 Å². The highest BCUT2D eigenvalue weighted by atomic mass is 16.5. The van der Waals surface area contributed by atoms with Gasteiger partial charge in [-0.1, -0.05) is 94.2 Å². The van der Waals surface area contributed by atoms with Crippen LogP contribution in [0.4, 0.5) is 0 Å². The fourth-order valence-corrected chi connectivity index (χ4v) is 4.42. The fourth-order valence-electron chi connectivity index (χ4n) is 4.42. The molecule has 0 saturated heterocycles. The van der Waals surface area contributed by atoms with Crippen LogP contribution in [-0.2, 0) is 0 Å². The first-order chi connectivity index (χ1) is 19.5. The van der Waals surface area contributed by atoms with Crippen LogP contribution in [-0.4, -0.2) is 19.8 Å². The van der Waals surface area contributed by atoms with Gasteiger partial charge in [0.1, 0.15) is 6.61 Å². The maximum Gasteiger partial charge on any atom is 0.383 e. The minimum atomic E-state index is -0.532. The summed E-state index contributed by atoms with van der Waals surface area (Å²) in [7, 11) is 0. The lowest BCUT2D eigenvalue weighted by atomic mass is 10.1. The third kappa shape index (κ3) is 12.5. The third-order valence-corrected chi connectivity index (χ3v) is 6.75. The molecule has 0 fully saturated rings. The summed E-state index contributed by atoms with van der Waals surface area (Å²) in [6, 6.07) is 5.62. The first kappa shape index (κ1) is 33.3. The highest BCUT2D eigenvalue weighted by molar-refractivity contribution is 5.89. The molecular weight excluding hydrogens is 500 g/mol. The second-order valence-electron chi connectivity index (χ2n) is 10.7. The van der Waals surface area contributed by atoms with E-state index in [1.54, 1.807) is 0 Å². The van der Waals surface area contributed by atoms with E-state index in [1.165, 1.54) is 49.7 Å². The predicted molar refractivity (Wildman–Crippen MR) is 168 cm³/mol. The Morgan fingerprint density at radius 3 is 2.25 bits per heavy atom. The van der Waals surface area contributed by atoms with Crippen molar-refractivity contribution in [3.05, 3.63) is 64.1 Å². The molecule has 2 rings (SSSR count). The highest BCUT2D eigenvalue weighted by Crippen LogP contribution is 2.37. The van der Waals surface area contributed by atoms with Gasteiger partial charge in [-0.15, -0.1) is 0 Å². The molecule has 2 aromatic rings. The van der Waals surface area contributed by atoms with Gasteiger partial charge in [-0.3, -0.25) is 0 Å². The molecule has 0 aliphatic heterocycles. The minimum absolute atomic E-state index is 0.155. The lowest BCUT2D eigenvalue weighted by Gasteiger charge is -2.15. The van der Waals surface area contributed by atoms with Gasteiger partial charge in [-0.25, -0.2) is 4.79 Å². The quantitative estimate of drug-likeness (QED) is 0.0876. The van der Waals surface area contributed by atoms with Crippen LogP contribution in [0.15, 0.2) is 62.9 Å². The lowest BCUT2D eigenvalue weighted by Crippen LogP contribution is -2.12. The Labute approximate surface area is 242 Å². The molecule has 0 N–H and O–H groups in total. The number of unbranched alkanes of at least 4 members (excludes halogenated alkanes) is 7. The molecule has 0 saturated carbocycles. The Bertz CT molecular complexity index is 1130.